The van der Waals surface area contributed by atoms with E-state index < -0.39 is 0 Å². The van der Waals surface area contributed by atoms with E-state index in [1.807, 2.05) is 11.9 Å². The molecular formula is C34H33ClFN5O5. The topological polar surface area (TPSA) is 129 Å². The van der Waals surface area contributed by atoms with E-state index in [1.54, 1.807) is 48.5 Å². The number of nitrogens with zero attached hydrogens (tertiary/aromatic N) is 3. The number of fused-ring (bicyclic) bond motifs is 1. The fourth-order valence-electron chi connectivity index (χ4n) is 4.82. The van der Waals surface area contributed by atoms with Crippen molar-refractivity contribution in [1.29, 1.82) is 5.26 Å². The predicted octanol–water partition coefficient (Wildman–Crippen LogP) is 5.81. The summed E-state index contributed by atoms with van der Waals surface area (Å²) in [6, 6.07) is 16.8. The number of benzene rings is 3. The molecule has 1 fully saturated rings. The van der Waals surface area contributed by atoms with Crippen LogP contribution in [-0.4, -0.2) is 67.0 Å². The van der Waals surface area contributed by atoms with Crippen LogP contribution in [0.5, 0.6) is 11.5 Å². The third kappa shape index (κ3) is 8.50. The Morgan fingerprint density at radius 3 is 2.87 bits per heavy atom. The highest BCUT2D eigenvalue weighted by atomic mass is 35.5. The highest BCUT2D eigenvalue weighted by molar-refractivity contribution is 6.32. The van der Waals surface area contributed by atoms with Crippen molar-refractivity contribution in [1.82, 2.24) is 9.88 Å². The molecule has 1 amide bonds. The zero-order chi connectivity index (χ0) is 32.5. The molecule has 0 unspecified atom stereocenters. The first-order valence-corrected chi connectivity index (χ1v) is 15.0. The van der Waals surface area contributed by atoms with E-state index in [0.29, 0.717) is 82.8 Å². The van der Waals surface area contributed by atoms with Crippen LogP contribution in [0.15, 0.2) is 72.9 Å². The number of nitriles is 1. The van der Waals surface area contributed by atoms with Crippen molar-refractivity contribution in [2.24, 2.45) is 0 Å². The van der Waals surface area contributed by atoms with Crippen LogP contribution in [-0.2, 0) is 16.1 Å². The second kappa shape index (κ2) is 15.5. The van der Waals surface area contributed by atoms with Crippen LogP contribution in [0.25, 0.3) is 10.9 Å². The SMILES string of the molecule is CN(C/C=C/C(=O)Nc1cc2c(Nc3ccc(OCc4cccc(F)c4)c(Cl)c3)c(C#N)cnc2cc1O[C@H]1CCOC1)CCO. The summed E-state index contributed by atoms with van der Waals surface area (Å²) in [4.78, 5) is 19.3. The number of ether oxygens (including phenoxy) is 3. The van der Waals surface area contributed by atoms with Crippen LogP contribution in [0.4, 0.5) is 21.5 Å². The first-order chi connectivity index (χ1) is 22.3. The van der Waals surface area contributed by atoms with Gasteiger partial charge in [0.2, 0.25) is 5.91 Å². The zero-order valence-corrected chi connectivity index (χ0v) is 25.9. The van der Waals surface area contributed by atoms with Crippen LogP contribution in [0.1, 0.15) is 17.5 Å². The summed E-state index contributed by atoms with van der Waals surface area (Å²) < 4.78 is 31.0. The molecule has 46 heavy (non-hydrogen) atoms. The number of hydrogen-bond acceptors (Lipinski definition) is 9. The second-order valence-corrected chi connectivity index (χ2v) is 11.1. The lowest BCUT2D eigenvalue weighted by Gasteiger charge is -2.19. The maximum atomic E-state index is 13.5. The van der Waals surface area contributed by atoms with Crippen molar-refractivity contribution in [3.63, 3.8) is 0 Å². The smallest absolute Gasteiger partial charge is 0.248 e. The summed E-state index contributed by atoms with van der Waals surface area (Å²) in [6.45, 7) is 2.14. The van der Waals surface area contributed by atoms with Crippen molar-refractivity contribution in [3.8, 4) is 17.6 Å². The first-order valence-electron chi connectivity index (χ1n) is 14.6. The third-order valence-electron chi connectivity index (χ3n) is 7.18. The van der Waals surface area contributed by atoms with E-state index in [4.69, 9.17) is 30.9 Å². The molecule has 0 aliphatic carbocycles. The molecule has 0 spiro atoms. The van der Waals surface area contributed by atoms with E-state index in [9.17, 15) is 14.4 Å². The first kappa shape index (κ1) is 32.7. The Kier molecular flexibility index (Phi) is 11.0. The van der Waals surface area contributed by atoms with E-state index in [-0.39, 0.29) is 36.6 Å². The van der Waals surface area contributed by atoms with Gasteiger partial charge in [-0.2, -0.15) is 5.26 Å². The Balaban J connectivity index is 1.43. The van der Waals surface area contributed by atoms with Crippen molar-refractivity contribution in [2.45, 2.75) is 19.1 Å². The zero-order valence-electron chi connectivity index (χ0n) is 25.1. The number of carbonyl (C=O) groups is 1. The molecule has 238 valence electrons. The lowest BCUT2D eigenvalue weighted by molar-refractivity contribution is -0.111. The van der Waals surface area contributed by atoms with Gasteiger partial charge in [0.1, 0.15) is 36.1 Å². The van der Waals surface area contributed by atoms with Crippen LogP contribution in [0.3, 0.4) is 0 Å². The van der Waals surface area contributed by atoms with Gasteiger partial charge >= 0.3 is 0 Å². The average Bonchev–Trinajstić information content (AvgIpc) is 3.55. The van der Waals surface area contributed by atoms with Gasteiger partial charge in [0.15, 0.2) is 0 Å². The quantitative estimate of drug-likeness (QED) is 0.154. The number of aromatic nitrogens is 1. The molecule has 1 saturated heterocycles. The standard InChI is InChI=1S/C34H33ClFN5O5/c1-41(11-12-42)10-3-6-33(43)40-30-16-27-29(17-32(30)46-26-9-13-44-21-26)38-19-23(18-37)34(27)39-25-7-8-31(28(35)15-25)45-20-22-4-2-5-24(36)14-22/h2-8,14-17,19,26,42H,9-13,20-21H2,1H3,(H,38,39)(H,40,43)/b6-3+/t26-/m0/s1. The van der Waals surface area contributed by atoms with Crippen LogP contribution < -0.4 is 20.1 Å². The Morgan fingerprint density at radius 2 is 2.13 bits per heavy atom. The number of aliphatic hydroxyl groups is 1. The molecular weight excluding hydrogens is 613 g/mol. The number of nitrogens with one attached hydrogen (secondary N) is 2. The molecule has 1 aliphatic heterocycles. The largest absolute Gasteiger partial charge is 0.487 e. The molecule has 12 heteroatoms. The monoisotopic (exact) mass is 645 g/mol. The van der Waals surface area contributed by atoms with Crippen molar-refractivity contribution in [2.75, 3.05) is 50.6 Å². The van der Waals surface area contributed by atoms with Gasteiger partial charge < -0.3 is 34.9 Å². The number of carbonyl (C=O) groups excluding carboxylic acids is 1. The molecule has 3 N–H and O–H groups in total. The summed E-state index contributed by atoms with van der Waals surface area (Å²) in [5.74, 6) is 0.115. The Morgan fingerprint density at radius 1 is 1.26 bits per heavy atom. The molecule has 4 aromatic rings. The molecule has 2 heterocycles. The normalized spacial score (nSPS) is 14.5. The molecule has 0 radical (unpaired) electrons. The van der Waals surface area contributed by atoms with Crippen molar-refractivity contribution in [3.05, 3.63) is 94.9 Å². The van der Waals surface area contributed by atoms with E-state index in [2.05, 4.69) is 21.7 Å². The predicted molar refractivity (Wildman–Crippen MR) is 174 cm³/mol. The summed E-state index contributed by atoms with van der Waals surface area (Å²) in [5, 5.41) is 26.1. The minimum atomic E-state index is -0.371. The number of aliphatic hydroxyl groups excluding tert-OH is 1. The molecule has 0 saturated carbocycles. The van der Waals surface area contributed by atoms with E-state index in [0.717, 1.165) is 0 Å². The van der Waals surface area contributed by atoms with Crippen molar-refractivity contribution < 1.29 is 28.5 Å². The van der Waals surface area contributed by atoms with Gasteiger partial charge in [-0.1, -0.05) is 29.8 Å². The third-order valence-corrected chi connectivity index (χ3v) is 7.48. The summed E-state index contributed by atoms with van der Waals surface area (Å²) in [7, 11) is 1.84. The van der Waals surface area contributed by atoms with E-state index in [1.165, 1.54) is 24.4 Å². The molecule has 5 rings (SSSR count). The summed E-state index contributed by atoms with van der Waals surface area (Å²) in [6.07, 6.45) is 5.11. The fraction of sp³-hybridized carbons (Fsp3) is 0.265. The number of pyridine rings is 1. The van der Waals surface area contributed by atoms with Crippen LogP contribution >= 0.6 is 11.6 Å². The molecule has 1 aromatic heterocycles. The van der Waals surface area contributed by atoms with Gasteiger partial charge in [0.25, 0.3) is 0 Å². The van der Waals surface area contributed by atoms with Crippen LogP contribution in [0.2, 0.25) is 5.02 Å². The lowest BCUT2D eigenvalue weighted by atomic mass is 10.1. The summed E-state index contributed by atoms with van der Waals surface area (Å²) >= 11 is 6.54. The number of hydrogen-bond donors (Lipinski definition) is 3. The lowest BCUT2D eigenvalue weighted by Crippen LogP contribution is -2.22. The minimum absolute atomic E-state index is 0.0228. The minimum Gasteiger partial charge on any atom is -0.487 e. The number of halogens is 2. The second-order valence-electron chi connectivity index (χ2n) is 10.7. The highest BCUT2D eigenvalue weighted by Crippen LogP contribution is 2.38. The molecule has 10 nitrogen and oxygen atoms in total. The molecule has 1 aliphatic rings. The van der Waals surface area contributed by atoms with E-state index >= 15 is 0 Å². The number of amides is 1. The van der Waals surface area contributed by atoms with Gasteiger partial charge in [-0.25, -0.2) is 4.39 Å². The van der Waals surface area contributed by atoms with Gasteiger partial charge in [0.05, 0.1) is 47.3 Å². The Bertz CT molecular complexity index is 1770. The summed E-state index contributed by atoms with van der Waals surface area (Å²) in [5.41, 5.74) is 2.92. The number of likely N-dealkylation sites (N-methyl/N-ethyl adjacent to an activating group) is 1. The average molecular weight is 646 g/mol. The van der Waals surface area contributed by atoms with Gasteiger partial charge in [-0.05, 0) is 49.0 Å². The Labute approximate surface area is 271 Å². The van der Waals surface area contributed by atoms with Crippen molar-refractivity contribution >= 4 is 45.5 Å². The van der Waals surface area contributed by atoms with Gasteiger partial charge in [-0.15, -0.1) is 0 Å². The number of rotatable bonds is 13. The van der Waals surface area contributed by atoms with Gasteiger partial charge in [0, 0.05) is 48.9 Å². The Hall–Kier alpha value is -4.73. The maximum absolute atomic E-state index is 13.5. The maximum Gasteiger partial charge on any atom is 0.248 e. The fourth-order valence-corrected chi connectivity index (χ4v) is 5.06. The molecule has 1 atom stereocenters. The molecule has 0 bridgehead atoms. The highest BCUT2D eigenvalue weighted by Gasteiger charge is 2.21. The van der Waals surface area contributed by atoms with Crippen LogP contribution in [0, 0.1) is 17.1 Å². The number of anilines is 3. The van der Waals surface area contributed by atoms with Gasteiger partial charge in [-0.3, -0.25) is 9.78 Å². The molecule has 3 aromatic carbocycles.